The normalized spacial score (nSPS) is 10.1. The number of aromatic nitrogens is 1. The van der Waals surface area contributed by atoms with Crippen LogP contribution < -0.4 is 14.8 Å². The lowest BCUT2D eigenvalue weighted by Gasteiger charge is -2.11. The van der Waals surface area contributed by atoms with Crippen molar-refractivity contribution >= 4 is 5.82 Å². The van der Waals surface area contributed by atoms with Gasteiger partial charge in [0.25, 0.3) is 0 Å². The molecule has 1 aromatic heterocycles. The Labute approximate surface area is 119 Å². The molecule has 0 bridgehead atoms. The van der Waals surface area contributed by atoms with Crippen LogP contribution in [-0.4, -0.2) is 18.2 Å². The molecule has 106 valence electrons. The maximum Gasteiger partial charge on any atom is 0.169 e. The van der Waals surface area contributed by atoms with Gasteiger partial charge in [0.2, 0.25) is 0 Å². The van der Waals surface area contributed by atoms with Crippen LogP contribution in [0.5, 0.6) is 11.5 Å². The number of benzene rings is 1. The Morgan fingerprint density at radius 3 is 2.70 bits per heavy atom. The van der Waals surface area contributed by atoms with Crippen LogP contribution in [0.3, 0.4) is 0 Å². The highest BCUT2D eigenvalue weighted by Crippen LogP contribution is 2.22. The molecule has 0 aliphatic heterocycles. The zero-order valence-corrected chi connectivity index (χ0v) is 11.9. The minimum absolute atomic E-state index is 0.625. The zero-order valence-electron chi connectivity index (χ0n) is 11.9. The maximum absolute atomic E-state index is 5.54. The van der Waals surface area contributed by atoms with Gasteiger partial charge in [-0.2, -0.15) is 0 Å². The molecule has 0 unspecified atom stereocenters. The number of anilines is 1. The fourth-order valence-electron chi connectivity index (χ4n) is 1.89. The van der Waals surface area contributed by atoms with Gasteiger partial charge in [0.1, 0.15) is 5.75 Å². The van der Waals surface area contributed by atoms with E-state index in [2.05, 4.69) is 16.4 Å². The summed E-state index contributed by atoms with van der Waals surface area (Å²) in [5, 5.41) is 3.29. The topological polar surface area (TPSA) is 43.4 Å². The monoisotopic (exact) mass is 272 g/mol. The van der Waals surface area contributed by atoms with Crippen LogP contribution in [0.4, 0.5) is 5.82 Å². The van der Waals surface area contributed by atoms with Crippen molar-refractivity contribution in [2.45, 2.75) is 20.4 Å². The van der Waals surface area contributed by atoms with Gasteiger partial charge in [0.05, 0.1) is 13.2 Å². The Bertz CT molecular complexity index is 544. The summed E-state index contributed by atoms with van der Waals surface area (Å²) in [7, 11) is 0. The molecule has 0 amide bonds. The fraction of sp³-hybridized carbons (Fsp3) is 0.312. The summed E-state index contributed by atoms with van der Waals surface area (Å²) in [4.78, 5) is 4.30. The van der Waals surface area contributed by atoms with Crippen LogP contribution in [-0.2, 0) is 6.54 Å². The van der Waals surface area contributed by atoms with E-state index in [1.54, 1.807) is 6.20 Å². The first kappa shape index (κ1) is 14.2. The molecular weight excluding hydrogens is 252 g/mol. The SMILES string of the molecule is CCOc1cccc(CNc2ncccc2OCC)c1. The predicted molar refractivity (Wildman–Crippen MR) is 80.3 cm³/mol. The molecule has 0 saturated heterocycles. The van der Waals surface area contributed by atoms with Gasteiger partial charge >= 0.3 is 0 Å². The molecule has 0 radical (unpaired) electrons. The highest BCUT2D eigenvalue weighted by molar-refractivity contribution is 5.50. The van der Waals surface area contributed by atoms with Crippen molar-refractivity contribution in [2.75, 3.05) is 18.5 Å². The summed E-state index contributed by atoms with van der Waals surface area (Å²) >= 11 is 0. The lowest BCUT2D eigenvalue weighted by Crippen LogP contribution is -2.04. The quantitative estimate of drug-likeness (QED) is 0.838. The molecule has 1 aromatic carbocycles. The smallest absolute Gasteiger partial charge is 0.169 e. The molecule has 0 atom stereocenters. The summed E-state index contributed by atoms with van der Waals surface area (Å²) in [6.45, 7) is 5.92. The third-order valence-corrected chi connectivity index (χ3v) is 2.74. The van der Waals surface area contributed by atoms with Crippen LogP contribution in [0.2, 0.25) is 0 Å². The third-order valence-electron chi connectivity index (χ3n) is 2.74. The third kappa shape index (κ3) is 3.88. The highest BCUT2D eigenvalue weighted by atomic mass is 16.5. The second kappa shape index (κ2) is 7.38. The Morgan fingerprint density at radius 2 is 1.90 bits per heavy atom. The number of ether oxygens (including phenoxy) is 2. The molecule has 1 heterocycles. The average Bonchev–Trinajstić information content (AvgIpc) is 2.47. The van der Waals surface area contributed by atoms with Gasteiger partial charge in [-0.15, -0.1) is 0 Å². The van der Waals surface area contributed by atoms with Crippen molar-refractivity contribution in [1.82, 2.24) is 4.98 Å². The number of rotatable bonds is 7. The van der Waals surface area contributed by atoms with Crippen molar-refractivity contribution in [3.8, 4) is 11.5 Å². The maximum atomic E-state index is 5.54. The van der Waals surface area contributed by atoms with Gasteiger partial charge < -0.3 is 14.8 Å². The second-order valence-electron chi connectivity index (χ2n) is 4.22. The van der Waals surface area contributed by atoms with E-state index in [4.69, 9.17) is 9.47 Å². The van der Waals surface area contributed by atoms with E-state index in [0.29, 0.717) is 19.8 Å². The molecule has 0 aliphatic carbocycles. The van der Waals surface area contributed by atoms with Crippen LogP contribution in [0.25, 0.3) is 0 Å². The van der Waals surface area contributed by atoms with Crippen LogP contribution in [0.1, 0.15) is 19.4 Å². The number of hydrogen-bond acceptors (Lipinski definition) is 4. The molecule has 0 spiro atoms. The van der Waals surface area contributed by atoms with Gasteiger partial charge in [-0.05, 0) is 43.7 Å². The fourth-order valence-corrected chi connectivity index (χ4v) is 1.89. The van der Waals surface area contributed by atoms with Crippen molar-refractivity contribution in [2.24, 2.45) is 0 Å². The van der Waals surface area contributed by atoms with Gasteiger partial charge in [0, 0.05) is 12.7 Å². The van der Waals surface area contributed by atoms with Crippen molar-refractivity contribution in [1.29, 1.82) is 0 Å². The molecule has 4 heteroatoms. The van der Waals surface area contributed by atoms with E-state index < -0.39 is 0 Å². The molecule has 0 fully saturated rings. The first-order valence-corrected chi connectivity index (χ1v) is 6.87. The Kier molecular flexibility index (Phi) is 5.24. The molecular formula is C16H20N2O2. The molecule has 2 rings (SSSR count). The first-order valence-electron chi connectivity index (χ1n) is 6.87. The minimum atomic E-state index is 0.625. The molecule has 1 N–H and O–H groups in total. The summed E-state index contributed by atoms with van der Waals surface area (Å²) in [5.41, 5.74) is 1.14. The molecule has 0 saturated carbocycles. The lowest BCUT2D eigenvalue weighted by molar-refractivity contribution is 0.340. The summed E-state index contributed by atoms with van der Waals surface area (Å²) in [5.74, 6) is 2.42. The van der Waals surface area contributed by atoms with Crippen LogP contribution in [0, 0.1) is 0 Å². The highest BCUT2D eigenvalue weighted by Gasteiger charge is 2.04. The number of hydrogen-bond donors (Lipinski definition) is 1. The predicted octanol–water partition coefficient (Wildman–Crippen LogP) is 3.49. The Hall–Kier alpha value is -2.23. The molecule has 4 nitrogen and oxygen atoms in total. The second-order valence-corrected chi connectivity index (χ2v) is 4.22. The van der Waals surface area contributed by atoms with Crippen molar-refractivity contribution < 1.29 is 9.47 Å². The van der Waals surface area contributed by atoms with Crippen molar-refractivity contribution in [3.63, 3.8) is 0 Å². The zero-order chi connectivity index (χ0) is 14.2. The van der Waals surface area contributed by atoms with Crippen LogP contribution >= 0.6 is 0 Å². The number of pyridine rings is 1. The molecule has 20 heavy (non-hydrogen) atoms. The average molecular weight is 272 g/mol. The molecule has 0 aliphatic rings. The van der Waals surface area contributed by atoms with E-state index in [1.165, 1.54) is 0 Å². The summed E-state index contributed by atoms with van der Waals surface area (Å²) < 4.78 is 11.0. The standard InChI is InChI=1S/C16H20N2O2/c1-3-19-14-8-5-7-13(11-14)12-18-16-15(20-4-2)9-6-10-17-16/h5-11H,3-4,12H2,1-2H3,(H,17,18). The number of nitrogens with zero attached hydrogens (tertiary/aromatic N) is 1. The van der Waals surface area contributed by atoms with E-state index in [1.807, 2.05) is 44.2 Å². The van der Waals surface area contributed by atoms with Crippen LogP contribution in [0.15, 0.2) is 42.6 Å². The summed E-state index contributed by atoms with van der Waals surface area (Å²) in [6, 6.07) is 11.8. The largest absolute Gasteiger partial charge is 0.494 e. The lowest BCUT2D eigenvalue weighted by atomic mass is 10.2. The van der Waals surface area contributed by atoms with Gasteiger partial charge in [-0.25, -0.2) is 4.98 Å². The Morgan fingerprint density at radius 1 is 1.05 bits per heavy atom. The molecule has 2 aromatic rings. The first-order chi connectivity index (χ1) is 9.83. The van der Waals surface area contributed by atoms with Gasteiger partial charge in [-0.1, -0.05) is 12.1 Å². The summed E-state index contributed by atoms with van der Waals surface area (Å²) in [6.07, 6.45) is 1.75. The van der Waals surface area contributed by atoms with E-state index in [9.17, 15) is 0 Å². The van der Waals surface area contributed by atoms with E-state index in [-0.39, 0.29) is 0 Å². The van der Waals surface area contributed by atoms with Gasteiger partial charge in [0.15, 0.2) is 11.6 Å². The minimum Gasteiger partial charge on any atom is -0.494 e. The number of nitrogens with one attached hydrogen (secondary N) is 1. The van der Waals surface area contributed by atoms with E-state index in [0.717, 1.165) is 22.9 Å². The van der Waals surface area contributed by atoms with Gasteiger partial charge in [-0.3, -0.25) is 0 Å². The van der Waals surface area contributed by atoms with Crippen molar-refractivity contribution in [3.05, 3.63) is 48.2 Å². The Balaban J connectivity index is 2.03. The van der Waals surface area contributed by atoms with E-state index >= 15 is 0 Å².